The topological polar surface area (TPSA) is 29.5 Å². The fourth-order valence-electron chi connectivity index (χ4n) is 2.40. The van der Waals surface area contributed by atoms with Gasteiger partial charge in [-0.25, -0.2) is 0 Å². The predicted molar refractivity (Wildman–Crippen MR) is 89.6 cm³/mol. The van der Waals surface area contributed by atoms with Gasteiger partial charge < -0.3 is 9.84 Å². The molecule has 3 heteroatoms. The molecule has 0 aromatic heterocycles. The number of aromatic hydroxyl groups is 1. The van der Waals surface area contributed by atoms with E-state index in [1.807, 2.05) is 31.2 Å². The van der Waals surface area contributed by atoms with Gasteiger partial charge in [-0.1, -0.05) is 19.1 Å². The van der Waals surface area contributed by atoms with Crippen molar-refractivity contribution in [3.63, 3.8) is 0 Å². The molecule has 21 heavy (non-hydrogen) atoms. The molecule has 0 spiro atoms. The number of phenolic OH excluding ortho intramolecular Hbond substituents is 1. The van der Waals surface area contributed by atoms with Crippen molar-refractivity contribution in [1.29, 1.82) is 0 Å². The average Bonchev–Trinajstić information content (AvgIpc) is 2.50. The molecule has 1 atom stereocenters. The zero-order valence-corrected chi connectivity index (χ0v) is 13.5. The van der Waals surface area contributed by atoms with E-state index in [4.69, 9.17) is 16.3 Å². The Morgan fingerprint density at radius 2 is 2.00 bits per heavy atom. The Kier molecular flexibility index (Phi) is 5.75. The highest BCUT2D eigenvalue weighted by Gasteiger charge is 2.04. The number of ether oxygens (including phenoxy) is 1. The zero-order valence-electron chi connectivity index (χ0n) is 12.7. The van der Waals surface area contributed by atoms with Gasteiger partial charge in [0, 0.05) is 5.38 Å². The molecule has 2 aromatic rings. The molecule has 1 N–H and O–H groups in total. The minimum Gasteiger partial charge on any atom is -0.508 e. The molecule has 0 aliphatic heterocycles. The Bertz CT molecular complexity index is 595. The molecule has 2 nitrogen and oxygen atoms in total. The summed E-state index contributed by atoms with van der Waals surface area (Å²) in [6.07, 6.45) is 4.20. The van der Waals surface area contributed by atoms with E-state index in [0.29, 0.717) is 11.1 Å². The quantitative estimate of drug-likeness (QED) is 0.546. The minimum atomic E-state index is 0.293. The maximum atomic E-state index is 9.71. The van der Waals surface area contributed by atoms with Crippen LogP contribution in [0.3, 0.4) is 0 Å². The molecular weight excluding hydrogens is 284 g/mol. The number of unbranched alkanes of at least 4 members (excludes halogenated alkanes) is 1. The number of fused-ring (bicyclic) bond motifs is 1. The van der Waals surface area contributed by atoms with E-state index in [2.05, 4.69) is 6.92 Å². The first-order valence-corrected chi connectivity index (χ1v) is 8.04. The van der Waals surface area contributed by atoms with Gasteiger partial charge in [-0.15, -0.1) is 11.6 Å². The Morgan fingerprint density at radius 1 is 1.19 bits per heavy atom. The van der Waals surface area contributed by atoms with Gasteiger partial charge in [0.2, 0.25) is 0 Å². The average molecular weight is 307 g/mol. The first-order valence-electron chi connectivity index (χ1n) is 7.61. The second-order valence-electron chi connectivity index (χ2n) is 5.44. The maximum Gasteiger partial charge on any atom is 0.119 e. The van der Waals surface area contributed by atoms with Gasteiger partial charge in [-0.05, 0) is 67.1 Å². The van der Waals surface area contributed by atoms with Gasteiger partial charge in [0.1, 0.15) is 11.5 Å². The van der Waals surface area contributed by atoms with Crippen molar-refractivity contribution in [3.8, 4) is 11.5 Å². The number of alkyl halides is 1. The van der Waals surface area contributed by atoms with Crippen LogP contribution in [-0.4, -0.2) is 17.1 Å². The largest absolute Gasteiger partial charge is 0.508 e. The summed E-state index contributed by atoms with van der Waals surface area (Å²) in [7, 11) is 0. The van der Waals surface area contributed by atoms with Gasteiger partial charge in [-0.3, -0.25) is 0 Å². The molecule has 0 aliphatic carbocycles. The van der Waals surface area contributed by atoms with Crippen molar-refractivity contribution in [2.45, 2.75) is 44.9 Å². The van der Waals surface area contributed by atoms with Crippen molar-refractivity contribution in [1.82, 2.24) is 0 Å². The molecular formula is C18H23ClO2. The summed E-state index contributed by atoms with van der Waals surface area (Å²) in [5.41, 5.74) is 0.909. The van der Waals surface area contributed by atoms with E-state index in [1.165, 1.54) is 0 Å². The summed E-state index contributed by atoms with van der Waals surface area (Å²) in [6.45, 7) is 4.76. The number of halogens is 1. The van der Waals surface area contributed by atoms with Gasteiger partial charge >= 0.3 is 0 Å². The van der Waals surface area contributed by atoms with Crippen molar-refractivity contribution in [2.24, 2.45) is 0 Å². The third-order valence-corrected chi connectivity index (χ3v) is 4.38. The van der Waals surface area contributed by atoms with E-state index < -0.39 is 0 Å². The summed E-state index contributed by atoms with van der Waals surface area (Å²) in [5, 5.41) is 12.2. The molecule has 114 valence electrons. The van der Waals surface area contributed by atoms with E-state index in [0.717, 1.165) is 54.4 Å². The highest BCUT2D eigenvalue weighted by molar-refractivity contribution is 6.20. The second-order valence-corrected chi connectivity index (χ2v) is 6.06. The van der Waals surface area contributed by atoms with E-state index in [-0.39, 0.29) is 0 Å². The first-order chi connectivity index (χ1) is 10.1. The molecule has 2 rings (SSSR count). The normalized spacial score (nSPS) is 12.5. The molecule has 1 unspecified atom stereocenters. The third-order valence-electron chi connectivity index (χ3n) is 3.86. The van der Waals surface area contributed by atoms with Crippen LogP contribution < -0.4 is 4.74 Å². The summed E-state index contributed by atoms with van der Waals surface area (Å²) < 4.78 is 5.79. The Morgan fingerprint density at radius 3 is 2.76 bits per heavy atom. The van der Waals surface area contributed by atoms with E-state index in [9.17, 15) is 5.11 Å². The van der Waals surface area contributed by atoms with Crippen LogP contribution in [0, 0.1) is 6.92 Å². The summed E-state index contributed by atoms with van der Waals surface area (Å²) in [5.74, 6) is 1.22. The van der Waals surface area contributed by atoms with Crippen LogP contribution in [-0.2, 0) is 0 Å². The van der Waals surface area contributed by atoms with Crippen molar-refractivity contribution < 1.29 is 9.84 Å². The third kappa shape index (κ3) is 4.28. The molecule has 0 heterocycles. The van der Waals surface area contributed by atoms with Crippen molar-refractivity contribution in [3.05, 3.63) is 35.9 Å². The Balaban J connectivity index is 1.90. The maximum absolute atomic E-state index is 9.71. The minimum absolute atomic E-state index is 0.293. The number of benzene rings is 2. The van der Waals surface area contributed by atoms with Crippen LogP contribution in [0.15, 0.2) is 30.3 Å². The molecule has 0 bridgehead atoms. The molecule has 0 amide bonds. The van der Waals surface area contributed by atoms with Crippen molar-refractivity contribution in [2.75, 3.05) is 6.61 Å². The van der Waals surface area contributed by atoms with Gasteiger partial charge in [0.25, 0.3) is 0 Å². The number of aryl methyl sites for hydroxylation is 1. The summed E-state index contributed by atoms with van der Waals surface area (Å²) in [6, 6.07) is 9.64. The molecule has 0 saturated carbocycles. The molecule has 0 radical (unpaired) electrons. The van der Waals surface area contributed by atoms with E-state index in [1.54, 1.807) is 6.07 Å². The predicted octanol–water partition coefficient (Wildman–Crippen LogP) is 5.42. The van der Waals surface area contributed by atoms with Crippen molar-refractivity contribution >= 4 is 22.4 Å². The SMILES string of the molecule is CCC(Cl)CCCCOc1ccc2c(C)c(O)ccc2c1. The lowest BCUT2D eigenvalue weighted by atomic mass is 10.0. The molecule has 2 aromatic carbocycles. The zero-order chi connectivity index (χ0) is 15.2. The number of phenols is 1. The summed E-state index contributed by atoms with van der Waals surface area (Å²) in [4.78, 5) is 0. The van der Waals surface area contributed by atoms with Crippen LogP contribution >= 0.6 is 11.6 Å². The smallest absolute Gasteiger partial charge is 0.119 e. The molecule has 0 fully saturated rings. The first kappa shape index (κ1) is 16.0. The van der Waals surface area contributed by atoms with E-state index >= 15 is 0 Å². The lowest BCUT2D eigenvalue weighted by Gasteiger charge is -2.10. The molecule has 0 aliphatic rings. The van der Waals surface area contributed by atoms with Gasteiger partial charge in [-0.2, -0.15) is 0 Å². The number of hydrogen-bond donors (Lipinski definition) is 1. The second kappa shape index (κ2) is 7.56. The fourth-order valence-corrected chi connectivity index (χ4v) is 2.56. The van der Waals surface area contributed by atoms with Crippen LogP contribution in [0.25, 0.3) is 10.8 Å². The van der Waals surface area contributed by atoms with Crippen LogP contribution in [0.1, 0.15) is 38.2 Å². The van der Waals surface area contributed by atoms with Crippen LogP contribution in [0.2, 0.25) is 0 Å². The highest BCUT2D eigenvalue weighted by Crippen LogP contribution is 2.29. The fraction of sp³-hybridized carbons (Fsp3) is 0.444. The monoisotopic (exact) mass is 306 g/mol. The highest BCUT2D eigenvalue weighted by atomic mass is 35.5. The van der Waals surface area contributed by atoms with Crippen LogP contribution in [0.5, 0.6) is 11.5 Å². The molecule has 0 saturated heterocycles. The lowest BCUT2D eigenvalue weighted by molar-refractivity contribution is 0.305. The standard InChI is InChI=1S/C18H23ClO2/c1-3-15(19)6-4-5-11-21-16-8-9-17-13(2)18(20)10-7-14(17)12-16/h7-10,12,15,20H,3-6,11H2,1-2H3. The lowest BCUT2D eigenvalue weighted by Crippen LogP contribution is -2.00. The Labute approximate surface area is 131 Å². The number of hydrogen-bond acceptors (Lipinski definition) is 2. The van der Waals surface area contributed by atoms with Gasteiger partial charge in [0.05, 0.1) is 6.61 Å². The number of rotatable bonds is 7. The summed E-state index contributed by atoms with van der Waals surface area (Å²) >= 11 is 6.09. The Hall–Kier alpha value is -1.41. The van der Waals surface area contributed by atoms with Crippen LogP contribution in [0.4, 0.5) is 0 Å². The van der Waals surface area contributed by atoms with Gasteiger partial charge in [0.15, 0.2) is 0 Å².